The van der Waals surface area contributed by atoms with Gasteiger partial charge in [0.1, 0.15) is 5.75 Å². The van der Waals surface area contributed by atoms with E-state index < -0.39 is 0 Å². The second-order valence-electron chi connectivity index (χ2n) is 4.16. The zero-order valence-corrected chi connectivity index (χ0v) is 10.6. The molecule has 0 fully saturated rings. The Labute approximate surface area is 106 Å². The summed E-state index contributed by atoms with van der Waals surface area (Å²) in [5, 5.41) is 21.3. The summed E-state index contributed by atoms with van der Waals surface area (Å²) in [5.74, 6) is -0.421. The second-order valence-corrected chi connectivity index (χ2v) is 4.16. The van der Waals surface area contributed by atoms with E-state index in [0.29, 0.717) is 13.0 Å². The molecular weight excluding hydrogens is 234 g/mol. The van der Waals surface area contributed by atoms with Gasteiger partial charge in [-0.25, -0.2) is 0 Å². The standard InChI is InChI=1S/C13H19NO4/c1-9-3-4-11(12(16)7-9)13(17)14-10(5-6-15)8-18-2/h3-4,7,10,15-16H,5-6,8H2,1-2H3,(H,14,17). The van der Waals surface area contributed by atoms with Gasteiger partial charge in [-0.1, -0.05) is 6.07 Å². The van der Waals surface area contributed by atoms with Gasteiger partial charge < -0.3 is 20.3 Å². The highest BCUT2D eigenvalue weighted by atomic mass is 16.5. The van der Waals surface area contributed by atoms with Gasteiger partial charge in [0, 0.05) is 13.7 Å². The third-order valence-electron chi connectivity index (χ3n) is 2.58. The monoisotopic (exact) mass is 253 g/mol. The zero-order chi connectivity index (χ0) is 13.5. The molecule has 0 aliphatic heterocycles. The van der Waals surface area contributed by atoms with Crippen LogP contribution in [0.15, 0.2) is 18.2 Å². The minimum absolute atomic E-state index is 0.0335. The number of hydrogen-bond donors (Lipinski definition) is 3. The van der Waals surface area contributed by atoms with E-state index >= 15 is 0 Å². The van der Waals surface area contributed by atoms with Crippen LogP contribution in [0.3, 0.4) is 0 Å². The maximum Gasteiger partial charge on any atom is 0.255 e. The van der Waals surface area contributed by atoms with Crippen LogP contribution in [-0.2, 0) is 4.74 Å². The van der Waals surface area contributed by atoms with Crippen LogP contribution >= 0.6 is 0 Å². The van der Waals surface area contributed by atoms with Crippen LogP contribution in [0.2, 0.25) is 0 Å². The van der Waals surface area contributed by atoms with Crippen LogP contribution in [0.25, 0.3) is 0 Å². The Bertz CT molecular complexity index is 400. The van der Waals surface area contributed by atoms with Crippen LogP contribution in [0.5, 0.6) is 5.75 Å². The normalized spacial score (nSPS) is 12.2. The molecule has 0 aliphatic rings. The van der Waals surface area contributed by atoms with E-state index in [1.54, 1.807) is 12.1 Å². The average molecular weight is 253 g/mol. The first-order chi connectivity index (χ1) is 8.58. The molecule has 0 bridgehead atoms. The lowest BCUT2D eigenvalue weighted by Crippen LogP contribution is -2.38. The minimum Gasteiger partial charge on any atom is -0.507 e. The van der Waals surface area contributed by atoms with Crippen molar-refractivity contribution in [2.75, 3.05) is 20.3 Å². The number of methoxy groups -OCH3 is 1. The summed E-state index contributed by atoms with van der Waals surface area (Å²) in [6, 6.07) is 4.59. The Kier molecular flexibility index (Phi) is 5.61. The first kappa shape index (κ1) is 14.5. The van der Waals surface area contributed by atoms with Crippen molar-refractivity contribution < 1.29 is 19.7 Å². The molecule has 0 saturated carbocycles. The number of nitrogens with one attached hydrogen (secondary N) is 1. The molecular formula is C13H19NO4. The molecule has 0 aromatic heterocycles. The summed E-state index contributed by atoms with van der Waals surface area (Å²) in [4.78, 5) is 11.9. The van der Waals surface area contributed by atoms with E-state index in [9.17, 15) is 9.90 Å². The lowest BCUT2D eigenvalue weighted by Gasteiger charge is -2.17. The van der Waals surface area contributed by atoms with Crippen molar-refractivity contribution in [2.24, 2.45) is 0 Å². The van der Waals surface area contributed by atoms with Gasteiger partial charge >= 0.3 is 0 Å². The fraction of sp³-hybridized carbons (Fsp3) is 0.462. The lowest BCUT2D eigenvalue weighted by molar-refractivity contribution is 0.0876. The van der Waals surface area contributed by atoms with Gasteiger partial charge in [0.25, 0.3) is 5.91 Å². The molecule has 1 rings (SSSR count). The minimum atomic E-state index is -0.372. The number of aryl methyl sites for hydroxylation is 1. The first-order valence-electron chi connectivity index (χ1n) is 5.78. The smallest absolute Gasteiger partial charge is 0.255 e. The number of aliphatic hydroxyl groups is 1. The Morgan fingerprint density at radius 2 is 2.22 bits per heavy atom. The molecule has 5 nitrogen and oxygen atoms in total. The number of ether oxygens (including phenoxy) is 1. The average Bonchev–Trinajstić information content (AvgIpc) is 2.29. The zero-order valence-electron chi connectivity index (χ0n) is 10.6. The molecule has 18 heavy (non-hydrogen) atoms. The maximum atomic E-state index is 11.9. The second kappa shape index (κ2) is 6.98. The molecule has 0 spiro atoms. The summed E-state index contributed by atoms with van der Waals surface area (Å²) in [5.41, 5.74) is 1.10. The van der Waals surface area contributed by atoms with Gasteiger partial charge in [0.15, 0.2) is 0 Å². The van der Waals surface area contributed by atoms with Gasteiger partial charge in [-0.2, -0.15) is 0 Å². The lowest BCUT2D eigenvalue weighted by atomic mass is 10.1. The number of aliphatic hydroxyl groups excluding tert-OH is 1. The molecule has 1 aromatic carbocycles. The molecule has 0 aliphatic carbocycles. The quantitative estimate of drug-likeness (QED) is 0.701. The number of carbonyl (C=O) groups excluding carboxylic acids is 1. The Hall–Kier alpha value is -1.59. The molecule has 0 radical (unpaired) electrons. The van der Waals surface area contributed by atoms with E-state index in [1.807, 2.05) is 6.92 Å². The Morgan fingerprint density at radius 1 is 1.50 bits per heavy atom. The number of amides is 1. The molecule has 1 amide bonds. The van der Waals surface area contributed by atoms with Crippen LogP contribution in [0, 0.1) is 6.92 Å². The summed E-state index contributed by atoms with van der Waals surface area (Å²) < 4.78 is 4.95. The van der Waals surface area contributed by atoms with Crippen molar-refractivity contribution in [3.63, 3.8) is 0 Å². The highest BCUT2D eigenvalue weighted by Gasteiger charge is 2.16. The van der Waals surface area contributed by atoms with Crippen LogP contribution in [0.1, 0.15) is 22.3 Å². The van der Waals surface area contributed by atoms with E-state index in [-0.39, 0.29) is 29.9 Å². The predicted octanol–water partition coefficient (Wildman–Crippen LogP) is 0.828. The predicted molar refractivity (Wildman–Crippen MR) is 67.7 cm³/mol. The molecule has 0 saturated heterocycles. The van der Waals surface area contributed by atoms with Crippen molar-refractivity contribution in [1.29, 1.82) is 0 Å². The summed E-state index contributed by atoms with van der Waals surface area (Å²) in [6.07, 6.45) is 0.409. The number of phenols is 1. The van der Waals surface area contributed by atoms with Crippen molar-refractivity contribution in [3.8, 4) is 5.75 Å². The van der Waals surface area contributed by atoms with Gasteiger partial charge in [-0.05, 0) is 31.0 Å². The molecule has 3 N–H and O–H groups in total. The van der Waals surface area contributed by atoms with Crippen LogP contribution in [-0.4, -0.2) is 42.5 Å². The fourth-order valence-corrected chi connectivity index (χ4v) is 1.65. The SMILES string of the molecule is COCC(CCO)NC(=O)c1ccc(C)cc1O. The van der Waals surface area contributed by atoms with Gasteiger partial charge in [0.05, 0.1) is 18.2 Å². The van der Waals surface area contributed by atoms with Crippen molar-refractivity contribution in [1.82, 2.24) is 5.32 Å². The number of carbonyl (C=O) groups is 1. The van der Waals surface area contributed by atoms with Gasteiger partial charge in [0.2, 0.25) is 0 Å². The number of rotatable bonds is 6. The van der Waals surface area contributed by atoms with Gasteiger partial charge in [-0.15, -0.1) is 0 Å². The third kappa shape index (κ3) is 4.01. The largest absolute Gasteiger partial charge is 0.507 e. The third-order valence-corrected chi connectivity index (χ3v) is 2.58. The highest BCUT2D eigenvalue weighted by molar-refractivity contribution is 5.97. The van der Waals surface area contributed by atoms with E-state index in [0.717, 1.165) is 5.56 Å². The number of hydrogen-bond acceptors (Lipinski definition) is 4. The van der Waals surface area contributed by atoms with Crippen LogP contribution in [0.4, 0.5) is 0 Å². The number of benzene rings is 1. The van der Waals surface area contributed by atoms with E-state index in [4.69, 9.17) is 9.84 Å². The van der Waals surface area contributed by atoms with Crippen molar-refractivity contribution in [2.45, 2.75) is 19.4 Å². The molecule has 100 valence electrons. The number of phenolic OH excluding ortho intramolecular Hbond substituents is 1. The molecule has 1 atom stereocenters. The highest BCUT2D eigenvalue weighted by Crippen LogP contribution is 2.18. The molecule has 1 aromatic rings. The molecule has 5 heteroatoms. The molecule has 1 unspecified atom stereocenters. The van der Waals surface area contributed by atoms with Crippen molar-refractivity contribution >= 4 is 5.91 Å². The van der Waals surface area contributed by atoms with Gasteiger partial charge in [-0.3, -0.25) is 4.79 Å². The van der Waals surface area contributed by atoms with Crippen LogP contribution < -0.4 is 5.32 Å². The summed E-state index contributed by atoms with van der Waals surface area (Å²) >= 11 is 0. The number of aromatic hydroxyl groups is 1. The maximum absolute atomic E-state index is 11.9. The van der Waals surface area contributed by atoms with E-state index in [2.05, 4.69) is 5.32 Å². The molecule has 0 heterocycles. The Balaban J connectivity index is 2.73. The topological polar surface area (TPSA) is 78.8 Å². The van der Waals surface area contributed by atoms with Crippen molar-refractivity contribution in [3.05, 3.63) is 29.3 Å². The Morgan fingerprint density at radius 3 is 2.78 bits per heavy atom. The first-order valence-corrected chi connectivity index (χ1v) is 5.78. The van der Waals surface area contributed by atoms with E-state index in [1.165, 1.54) is 13.2 Å². The summed E-state index contributed by atoms with van der Waals surface area (Å²) in [6.45, 7) is 2.12. The summed E-state index contributed by atoms with van der Waals surface area (Å²) in [7, 11) is 1.53. The fourth-order valence-electron chi connectivity index (χ4n) is 1.65.